The molecule has 2 bridgehead atoms. The monoisotopic (exact) mass is 379 g/mol. The van der Waals surface area contributed by atoms with Crippen LogP contribution in [0.5, 0.6) is 0 Å². The number of hydrogen-bond donors (Lipinski definition) is 2. The SMILES string of the molecule is O=C(NC[C@@]12C[C@@H](CO)[C@H](CO1)C2)OCC1c2ccccc2-c2ccccc21. The lowest BCUT2D eigenvalue weighted by atomic mass is 9.96. The number of alkyl carbamates (subject to hydrolysis) is 1. The quantitative estimate of drug-likeness (QED) is 0.836. The standard InChI is InChI=1S/C23H25NO4/c25-11-15-9-23(10-16(15)12-28-23)14-24-22(26)27-13-21-19-7-3-1-5-17(19)18-6-2-4-8-20(18)21/h1-8,15-16,21,25H,9-14H2,(H,24,26)/t15-,16-,23-/m0/s1. The van der Waals surface area contributed by atoms with Gasteiger partial charge >= 0.3 is 6.09 Å². The van der Waals surface area contributed by atoms with Gasteiger partial charge in [0.1, 0.15) is 6.61 Å². The Kier molecular flexibility index (Phi) is 4.37. The van der Waals surface area contributed by atoms with Crippen LogP contribution in [0.15, 0.2) is 48.5 Å². The van der Waals surface area contributed by atoms with Crippen LogP contribution in [0.4, 0.5) is 4.79 Å². The van der Waals surface area contributed by atoms with Gasteiger partial charge in [-0.25, -0.2) is 4.79 Å². The molecule has 2 aliphatic carbocycles. The van der Waals surface area contributed by atoms with Gasteiger partial charge in [0, 0.05) is 19.1 Å². The maximum absolute atomic E-state index is 12.4. The van der Waals surface area contributed by atoms with E-state index in [1.807, 2.05) is 24.3 Å². The highest BCUT2D eigenvalue weighted by Gasteiger charge is 2.51. The second-order valence-electron chi connectivity index (χ2n) is 8.28. The third-order valence-corrected chi connectivity index (χ3v) is 6.67. The lowest BCUT2D eigenvalue weighted by molar-refractivity contribution is -0.0400. The molecular formula is C23H25NO4. The number of amides is 1. The Morgan fingerprint density at radius 1 is 1.11 bits per heavy atom. The van der Waals surface area contributed by atoms with Gasteiger partial charge in [-0.2, -0.15) is 0 Å². The van der Waals surface area contributed by atoms with Crippen molar-refractivity contribution >= 4 is 6.09 Å². The van der Waals surface area contributed by atoms with E-state index in [2.05, 4.69) is 29.6 Å². The summed E-state index contributed by atoms with van der Waals surface area (Å²) in [5.74, 6) is 0.765. The van der Waals surface area contributed by atoms with Gasteiger partial charge in [0.2, 0.25) is 0 Å². The first-order valence-electron chi connectivity index (χ1n) is 10.0. The molecule has 28 heavy (non-hydrogen) atoms. The van der Waals surface area contributed by atoms with E-state index in [9.17, 15) is 9.90 Å². The van der Waals surface area contributed by atoms with Crippen LogP contribution >= 0.6 is 0 Å². The molecule has 146 valence electrons. The molecule has 2 aromatic carbocycles. The first kappa shape index (κ1) is 17.7. The minimum atomic E-state index is -0.407. The molecule has 2 fully saturated rings. The number of carbonyl (C=O) groups is 1. The van der Waals surface area contributed by atoms with Gasteiger partial charge in [-0.1, -0.05) is 48.5 Å². The summed E-state index contributed by atoms with van der Waals surface area (Å²) in [5, 5.41) is 12.4. The molecule has 5 nitrogen and oxygen atoms in total. The van der Waals surface area contributed by atoms with E-state index in [-0.39, 0.29) is 24.0 Å². The summed E-state index contributed by atoms with van der Waals surface area (Å²) in [6.45, 7) is 1.63. The topological polar surface area (TPSA) is 67.8 Å². The van der Waals surface area contributed by atoms with E-state index in [1.54, 1.807) is 0 Å². The third-order valence-electron chi connectivity index (χ3n) is 6.67. The van der Waals surface area contributed by atoms with Crippen molar-refractivity contribution in [3.63, 3.8) is 0 Å². The largest absolute Gasteiger partial charge is 0.449 e. The van der Waals surface area contributed by atoms with Gasteiger partial charge in [0.05, 0.1) is 12.2 Å². The van der Waals surface area contributed by atoms with Crippen molar-refractivity contribution in [2.45, 2.75) is 24.4 Å². The van der Waals surface area contributed by atoms with E-state index in [0.29, 0.717) is 25.7 Å². The molecular weight excluding hydrogens is 354 g/mol. The second-order valence-corrected chi connectivity index (χ2v) is 8.28. The fraction of sp³-hybridized carbons (Fsp3) is 0.435. The molecule has 1 heterocycles. The highest BCUT2D eigenvalue weighted by Crippen LogP contribution is 2.47. The van der Waals surface area contributed by atoms with Crippen molar-refractivity contribution in [2.75, 3.05) is 26.4 Å². The summed E-state index contributed by atoms with van der Waals surface area (Å²) < 4.78 is 11.5. The molecule has 5 rings (SSSR count). The first-order chi connectivity index (χ1) is 13.7. The van der Waals surface area contributed by atoms with Crippen molar-refractivity contribution in [2.24, 2.45) is 11.8 Å². The van der Waals surface area contributed by atoms with E-state index >= 15 is 0 Å². The fourth-order valence-electron chi connectivity index (χ4n) is 5.26. The van der Waals surface area contributed by atoms with E-state index in [1.165, 1.54) is 22.3 Å². The molecule has 0 unspecified atom stereocenters. The van der Waals surface area contributed by atoms with Crippen LogP contribution in [0.3, 0.4) is 0 Å². The van der Waals surface area contributed by atoms with Crippen molar-refractivity contribution in [1.82, 2.24) is 5.32 Å². The molecule has 1 aliphatic heterocycles. The number of hydrogen-bond acceptors (Lipinski definition) is 4. The summed E-state index contributed by atoms with van der Waals surface area (Å²) >= 11 is 0. The highest BCUT2D eigenvalue weighted by atomic mass is 16.5. The number of nitrogens with one attached hydrogen (secondary N) is 1. The molecule has 1 saturated carbocycles. The van der Waals surface area contributed by atoms with Gasteiger partial charge in [0.15, 0.2) is 0 Å². The van der Waals surface area contributed by atoms with Crippen molar-refractivity contribution in [3.05, 3.63) is 59.7 Å². The molecule has 2 aromatic rings. The average molecular weight is 379 g/mol. The zero-order valence-electron chi connectivity index (χ0n) is 15.8. The molecule has 1 amide bonds. The lowest BCUT2D eigenvalue weighted by Gasteiger charge is -2.29. The van der Waals surface area contributed by atoms with Crippen molar-refractivity contribution < 1.29 is 19.4 Å². The van der Waals surface area contributed by atoms with Gasteiger partial charge in [-0.3, -0.25) is 0 Å². The molecule has 5 heteroatoms. The maximum atomic E-state index is 12.4. The number of rotatable bonds is 5. The van der Waals surface area contributed by atoms with Gasteiger partial charge in [0.25, 0.3) is 0 Å². The fourth-order valence-corrected chi connectivity index (χ4v) is 5.26. The van der Waals surface area contributed by atoms with Gasteiger partial charge in [-0.05, 0) is 46.9 Å². The van der Waals surface area contributed by atoms with Crippen LogP contribution in [0, 0.1) is 11.8 Å². The predicted octanol–water partition coefficient (Wildman–Crippen LogP) is 3.31. The Balaban J connectivity index is 1.22. The van der Waals surface area contributed by atoms with Crippen LogP contribution in [-0.4, -0.2) is 43.2 Å². The summed E-state index contributed by atoms with van der Waals surface area (Å²) in [7, 11) is 0. The Labute approximate surface area is 164 Å². The maximum Gasteiger partial charge on any atom is 0.407 e. The van der Waals surface area contributed by atoms with E-state index in [4.69, 9.17) is 9.47 Å². The number of carbonyl (C=O) groups excluding carboxylic acids is 1. The molecule has 3 aliphatic rings. The van der Waals surface area contributed by atoms with Gasteiger partial charge < -0.3 is 19.9 Å². The molecule has 0 radical (unpaired) electrons. The molecule has 1 saturated heterocycles. The highest BCUT2D eigenvalue weighted by molar-refractivity contribution is 5.79. The second kappa shape index (κ2) is 6.90. The van der Waals surface area contributed by atoms with Crippen LogP contribution in [0.25, 0.3) is 11.1 Å². The molecule has 0 spiro atoms. The summed E-state index contributed by atoms with van der Waals surface area (Å²) in [4.78, 5) is 12.4. The zero-order valence-corrected chi connectivity index (χ0v) is 15.8. The smallest absolute Gasteiger partial charge is 0.407 e. The lowest BCUT2D eigenvalue weighted by Crippen LogP contribution is -2.43. The number of aliphatic hydroxyl groups excluding tert-OH is 1. The molecule has 3 atom stereocenters. The van der Waals surface area contributed by atoms with Crippen LogP contribution in [0.2, 0.25) is 0 Å². The minimum absolute atomic E-state index is 0.0636. The van der Waals surface area contributed by atoms with Crippen LogP contribution in [0.1, 0.15) is 29.9 Å². The number of ether oxygens (including phenoxy) is 2. The minimum Gasteiger partial charge on any atom is -0.449 e. The number of fused-ring (bicyclic) bond motifs is 5. The molecule has 0 aromatic heterocycles. The Morgan fingerprint density at radius 3 is 2.43 bits per heavy atom. The van der Waals surface area contributed by atoms with E-state index in [0.717, 1.165) is 12.8 Å². The summed E-state index contributed by atoms with van der Waals surface area (Å²) in [5.41, 5.74) is 4.52. The van der Waals surface area contributed by atoms with E-state index < -0.39 is 6.09 Å². The summed E-state index contributed by atoms with van der Waals surface area (Å²) in [6.07, 6.45) is 1.30. The summed E-state index contributed by atoms with van der Waals surface area (Å²) in [6, 6.07) is 16.6. The van der Waals surface area contributed by atoms with Crippen molar-refractivity contribution in [3.8, 4) is 11.1 Å². The first-order valence-corrected chi connectivity index (χ1v) is 10.0. The Hall–Kier alpha value is -2.37. The van der Waals surface area contributed by atoms with Crippen LogP contribution in [-0.2, 0) is 9.47 Å². The Morgan fingerprint density at radius 2 is 1.79 bits per heavy atom. The Bertz CT molecular complexity index is 852. The zero-order chi connectivity index (χ0) is 19.1. The van der Waals surface area contributed by atoms with Crippen LogP contribution < -0.4 is 5.32 Å². The van der Waals surface area contributed by atoms with Gasteiger partial charge in [-0.15, -0.1) is 0 Å². The normalized spacial score (nSPS) is 27.5. The predicted molar refractivity (Wildman–Crippen MR) is 105 cm³/mol. The number of aliphatic hydroxyl groups is 1. The van der Waals surface area contributed by atoms with Crippen molar-refractivity contribution in [1.29, 1.82) is 0 Å². The average Bonchev–Trinajstić information content (AvgIpc) is 3.41. The number of benzene rings is 2. The third kappa shape index (κ3) is 2.90. The molecule has 2 N–H and O–H groups in total.